The van der Waals surface area contributed by atoms with Crippen LogP contribution in [0.2, 0.25) is 0 Å². The molecular weight excluding hydrogens is 334 g/mol. The summed E-state index contributed by atoms with van der Waals surface area (Å²) in [7, 11) is 7.10. The molecule has 0 amide bonds. The lowest BCUT2D eigenvalue weighted by Crippen LogP contribution is -2.50. The minimum atomic E-state index is -0.312. The molecule has 1 fully saturated rings. The molecule has 0 atom stereocenters. The average molecular weight is 359 g/mol. The Morgan fingerprint density at radius 2 is 1.54 bits per heavy atom. The summed E-state index contributed by atoms with van der Waals surface area (Å²) >= 11 is 0. The van der Waals surface area contributed by atoms with Gasteiger partial charge in [-0.15, -0.1) is 0 Å². The van der Waals surface area contributed by atoms with Crippen LogP contribution >= 0.6 is 0 Å². The van der Waals surface area contributed by atoms with Gasteiger partial charge in [0.25, 0.3) is 5.56 Å². The second-order valence-corrected chi connectivity index (χ2v) is 6.78. The van der Waals surface area contributed by atoms with Gasteiger partial charge < -0.3 is 14.7 Å². The highest BCUT2D eigenvalue weighted by molar-refractivity contribution is 5.47. The van der Waals surface area contributed by atoms with Gasteiger partial charge in [0, 0.05) is 72.2 Å². The van der Waals surface area contributed by atoms with E-state index < -0.39 is 0 Å². The first-order valence-electron chi connectivity index (χ1n) is 8.58. The third-order valence-corrected chi connectivity index (χ3v) is 4.67. The Hall–Kier alpha value is -2.84. The van der Waals surface area contributed by atoms with E-state index in [0.29, 0.717) is 24.9 Å². The average Bonchev–Trinajstić information content (AvgIpc) is 2.62. The lowest BCUT2D eigenvalue weighted by Gasteiger charge is -2.36. The lowest BCUT2D eigenvalue weighted by molar-refractivity contribution is 0.603. The summed E-state index contributed by atoms with van der Waals surface area (Å²) in [6, 6.07) is 3.47. The number of rotatable bonds is 3. The maximum absolute atomic E-state index is 12.1. The van der Waals surface area contributed by atoms with E-state index in [0.717, 1.165) is 29.2 Å². The first-order chi connectivity index (χ1) is 12.3. The smallest absolute Gasteiger partial charge is 0.332 e. The number of aryl methyl sites for hydroxylation is 1. The van der Waals surface area contributed by atoms with Crippen molar-refractivity contribution in [1.82, 2.24) is 19.1 Å². The van der Waals surface area contributed by atoms with Crippen molar-refractivity contribution >= 4 is 17.6 Å². The standard InChI is InChI=1S/C17H25N7O2/c1-12-10-13(20(2)3)19-16(18-12)24-8-6-23(7-9-24)14-11-15(25)22(5)17(26)21(14)4/h10-11H,6-9H2,1-5H3. The zero-order valence-electron chi connectivity index (χ0n) is 15.9. The number of aromatic nitrogens is 4. The second-order valence-electron chi connectivity index (χ2n) is 6.78. The van der Waals surface area contributed by atoms with Gasteiger partial charge in [-0.1, -0.05) is 0 Å². The van der Waals surface area contributed by atoms with Crippen LogP contribution in [0.25, 0.3) is 0 Å². The molecule has 2 aromatic rings. The van der Waals surface area contributed by atoms with Crippen molar-refractivity contribution in [3.63, 3.8) is 0 Å². The molecule has 0 saturated carbocycles. The molecule has 140 valence electrons. The van der Waals surface area contributed by atoms with Crippen LogP contribution in [0.15, 0.2) is 21.7 Å². The molecule has 2 aromatic heterocycles. The van der Waals surface area contributed by atoms with Crippen molar-refractivity contribution in [3.8, 4) is 0 Å². The Morgan fingerprint density at radius 3 is 2.15 bits per heavy atom. The van der Waals surface area contributed by atoms with Crippen LogP contribution < -0.4 is 25.9 Å². The van der Waals surface area contributed by atoms with E-state index in [4.69, 9.17) is 0 Å². The van der Waals surface area contributed by atoms with E-state index in [-0.39, 0.29) is 11.2 Å². The van der Waals surface area contributed by atoms with Crippen LogP contribution in [0, 0.1) is 6.92 Å². The van der Waals surface area contributed by atoms with Crippen molar-refractivity contribution in [2.24, 2.45) is 14.1 Å². The summed E-state index contributed by atoms with van der Waals surface area (Å²) in [5.74, 6) is 2.24. The Labute approximate surface area is 152 Å². The Morgan fingerprint density at radius 1 is 0.923 bits per heavy atom. The molecular formula is C17H25N7O2. The monoisotopic (exact) mass is 359 g/mol. The van der Waals surface area contributed by atoms with Crippen molar-refractivity contribution < 1.29 is 0 Å². The van der Waals surface area contributed by atoms with Crippen molar-refractivity contribution in [1.29, 1.82) is 0 Å². The van der Waals surface area contributed by atoms with Gasteiger partial charge >= 0.3 is 5.69 Å². The predicted molar refractivity (Wildman–Crippen MR) is 102 cm³/mol. The summed E-state index contributed by atoms with van der Waals surface area (Å²) < 4.78 is 2.63. The zero-order chi connectivity index (χ0) is 19.0. The van der Waals surface area contributed by atoms with E-state index in [2.05, 4.69) is 19.8 Å². The maximum Gasteiger partial charge on any atom is 0.332 e. The van der Waals surface area contributed by atoms with Crippen molar-refractivity contribution in [3.05, 3.63) is 38.7 Å². The largest absolute Gasteiger partial charge is 0.363 e. The normalized spacial score (nSPS) is 14.7. The minimum Gasteiger partial charge on any atom is -0.363 e. The van der Waals surface area contributed by atoms with Crippen molar-refractivity contribution in [2.45, 2.75) is 6.92 Å². The molecule has 0 aliphatic carbocycles. The van der Waals surface area contributed by atoms with Gasteiger partial charge in [-0.3, -0.25) is 13.9 Å². The van der Waals surface area contributed by atoms with Crippen LogP contribution in [0.3, 0.4) is 0 Å². The van der Waals surface area contributed by atoms with Gasteiger partial charge in [-0.25, -0.2) is 9.78 Å². The number of hydrogen-bond acceptors (Lipinski definition) is 7. The first-order valence-corrected chi connectivity index (χ1v) is 8.58. The van der Waals surface area contributed by atoms with Gasteiger partial charge in [0.15, 0.2) is 0 Å². The van der Waals surface area contributed by atoms with Crippen LogP contribution in [0.4, 0.5) is 17.6 Å². The van der Waals surface area contributed by atoms with Gasteiger partial charge in [-0.05, 0) is 6.92 Å². The van der Waals surface area contributed by atoms with Gasteiger partial charge in [-0.2, -0.15) is 4.98 Å². The topological polar surface area (TPSA) is 79.5 Å². The molecule has 0 spiro atoms. The van der Waals surface area contributed by atoms with Gasteiger partial charge in [0.05, 0.1) is 0 Å². The zero-order valence-corrected chi connectivity index (χ0v) is 15.9. The van der Waals surface area contributed by atoms with Crippen molar-refractivity contribution in [2.75, 3.05) is 55.0 Å². The van der Waals surface area contributed by atoms with Gasteiger partial charge in [0.2, 0.25) is 5.95 Å². The minimum absolute atomic E-state index is 0.289. The predicted octanol–water partition coefficient (Wildman–Crippen LogP) is -0.425. The molecule has 3 rings (SSSR count). The van der Waals surface area contributed by atoms with Crippen LogP contribution in [0.5, 0.6) is 0 Å². The number of nitrogens with zero attached hydrogens (tertiary/aromatic N) is 7. The maximum atomic E-state index is 12.1. The quantitative estimate of drug-likeness (QED) is 0.736. The molecule has 0 N–H and O–H groups in total. The molecule has 1 aliphatic rings. The molecule has 9 heteroatoms. The SMILES string of the molecule is Cc1cc(N(C)C)nc(N2CCN(c3cc(=O)n(C)c(=O)n3C)CC2)n1. The summed E-state index contributed by atoms with van der Waals surface area (Å²) in [5.41, 5.74) is 0.325. The van der Waals surface area contributed by atoms with E-state index >= 15 is 0 Å². The van der Waals surface area contributed by atoms with Crippen LogP contribution in [-0.4, -0.2) is 59.4 Å². The molecule has 1 aliphatic heterocycles. The molecule has 26 heavy (non-hydrogen) atoms. The highest BCUT2D eigenvalue weighted by Gasteiger charge is 2.22. The van der Waals surface area contributed by atoms with E-state index in [1.165, 1.54) is 17.7 Å². The summed E-state index contributed by atoms with van der Waals surface area (Å²) in [5, 5.41) is 0. The summed E-state index contributed by atoms with van der Waals surface area (Å²) in [6.07, 6.45) is 0. The highest BCUT2D eigenvalue weighted by Crippen LogP contribution is 2.19. The van der Waals surface area contributed by atoms with E-state index in [1.54, 1.807) is 7.05 Å². The molecule has 1 saturated heterocycles. The van der Waals surface area contributed by atoms with Gasteiger partial charge in [0.1, 0.15) is 11.6 Å². The Bertz CT molecular complexity index is 924. The van der Waals surface area contributed by atoms with E-state index in [1.807, 2.05) is 32.0 Å². The fourth-order valence-corrected chi connectivity index (χ4v) is 3.07. The summed E-state index contributed by atoms with van der Waals surface area (Å²) in [6.45, 7) is 4.79. The Kier molecular flexibility index (Phi) is 4.71. The number of piperazine rings is 1. The fourth-order valence-electron chi connectivity index (χ4n) is 3.07. The fraction of sp³-hybridized carbons (Fsp3) is 0.529. The summed E-state index contributed by atoms with van der Waals surface area (Å²) in [4.78, 5) is 39.4. The lowest BCUT2D eigenvalue weighted by atomic mass is 10.3. The Balaban J connectivity index is 1.80. The first kappa shape index (κ1) is 18.0. The second kappa shape index (κ2) is 6.81. The molecule has 0 bridgehead atoms. The molecule has 9 nitrogen and oxygen atoms in total. The molecule has 0 aromatic carbocycles. The van der Waals surface area contributed by atoms with Crippen LogP contribution in [0.1, 0.15) is 5.69 Å². The third-order valence-electron chi connectivity index (χ3n) is 4.67. The highest BCUT2D eigenvalue weighted by atomic mass is 16.2. The van der Waals surface area contributed by atoms with E-state index in [9.17, 15) is 9.59 Å². The molecule has 0 unspecified atom stereocenters. The number of anilines is 3. The molecule has 3 heterocycles. The number of hydrogen-bond donors (Lipinski definition) is 0. The third kappa shape index (κ3) is 3.29. The van der Waals surface area contributed by atoms with Crippen LogP contribution in [-0.2, 0) is 14.1 Å². The molecule has 0 radical (unpaired) electrons.